The smallest absolute Gasteiger partial charge is 0.337 e. The molecular formula is C16H13ClN4O4. The topological polar surface area (TPSA) is 95.3 Å². The second-order valence-corrected chi connectivity index (χ2v) is 5.42. The molecular weight excluding hydrogens is 348 g/mol. The number of hydrogen-bond donors (Lipinski definition) is 1. The van der Waals surface area contributed by atoms with E-state index < -0.39 is 5.97 Å². The molecule has 0 spiro atoms. The van der Waals surface area contributed by atoms with Gasteiger partial charge in [-0.15, -0.1) is 5.10 Å². The predicted octanol–water partition coefficient (Wildman–Crippen LogP) is 1.94. The lowest BCUT2D eigenvalue weighted by molar-refractivity contribution is -0.121. The van der Waals surface area contributed by atoms with Crippen LogP contribution in [-0.2, 0) is 9.53 Å². The van der Waals surface area contributed by atoms with E-state index in [0.29, 0.717) is 27.3 Å². The summed E-state index contributed by atoms with van der Waals surface area (Å²) in [6.45, 7) is -0.288. The molecule has 0 aliphatic carbocycles. The van der Waals surface area contributed by atoms with Gasteiger partial charge in [0.2, 0.25) is 0 Å². The SMILES string of the molecule is COC(=O)c1ccc2nnn(OCC(=O)Nc3ccc(Cl)cc3)c2c1. The largest absolute Gasteiger partial charge is 0.465 e. The summed E-state index contributed by atoms with van der Waals surface area (Å²) in [4.78, 5) is 30.0. The molecule has 1 N–H and O–H groups in total. The van der Waals surface area contributed by atoms with E-state index in [0.717, 1.165) is 4.85 Å². The second kappa shape index (κ2) is 7.18. The Morgan fingerprint density at radius 1 is 1.20 bits per heavy atom. The average Bonchev–Trinajstić information content (AvgIpc) is 3.03. The molecule has 0 radical (unpaired) electrons. The van der Waals surface area contributed by atoms with Gasteiger partial charge in [0.25, 0.3) is 5.91 Å². The van der Waals surface area contributed by atoms with E-state index in [2.05, 4.69) is 20.4 Å². The number of carbonyl (C=O) groups excluding carboxylic acids is 2. The second-order valence-electron chi connectivity index (χ2n) is 4.99. The van der Waals surface area contributed by atoms with Crippen molar-refractivity contribution in [1.82, 2.24) is 15.2 Å². The van der Waals surface area contributed by atoms with Gasteiger partial charge < -0.3 is 14.9 Å². The molecule has 2 aromatic carbocycles. The zero-order valence-electron chi connectivity index (χ0n) is 13.1. The lowest BCUT2D eigenvalue weighted by atomic mass is 10.2. The van der Waals surface area contributed by atoms with Crippen molar-refractivity contribution >= 4 is 40.2 Å². The van der Waals surface area contributed by atoms with E-state index in [9.17, 15) is 9.59 Å². The molecule has 0 bridgehead atoms. The number of nitrogens with one attached hydrogen (secondary N) is 1. The van der Waals surface area contributed by atoms with Crippen molar-refractivity contribution in [2.24, 2.45) is 0 Å². The fourth-order valence-corrected chi connectivity index (χ4v) is 2.21. The molecule has 3 rings (SSSR count). The van der Waals surface area contributed by atoms with Gasteiger partial charge in [-0.1, -0.05) is 16.4 Å². The Hall–Kier alpha value is -3.13. The normalized spacial score (nSPS) is 10.5. The van der Waals surface area contributed by atoms with Crippen LogP contribution in [0, 0.1) is 0 Å². The first-order chi connectivity index (χ1) is 12.1. The highest BCUT2D eigenvalue weighted by Gasteiger charge is 2.12. The monoisotopic (exact) mass is 360 g/mol. The number of aromatic nitrogens is 3. The lowest BCUT2D eigenvalue weighted by Crippen LogP contribution is -2.26. The van der Waals surface area contributed by atoms with Crippen LogP contribution < -0.4 is 10.2 Å². The highest BCUT2D eigenvalue weighted by Crippen LogP contribution is 2.14. The van der Waals surface area contributed by atoms with Crippen molar-refractivity contribution in [2.75, 3.05) is 19.0 Å². The standard InChI is InChI=1S/C16H13ClN4O4/c1-24-16(23)10-2-7-13-14(8-10)21(20-19-13)25-9-15(22)18-12-5-3-11(17)4-6-12/h2-8H,9H2,1H3,(H,18,22). The van der Waals surface area contributed by atoms with Crippen LogP contribution in [0.15, 0.2) is 42.5 Å². The number of methoxy groups -OCH3 is 1. The highest BCUT2D eigenvalue weighted by molar-refractivity contribution is 6.30. The van der Waals surface area contributed by atoms with Crippen molar-refractivity contribution < 1.29 is 19.2 Å². The van der Waals surface area contributed by atoms with E-state index in [-0.39, 0.29) is 12.5 Å². The van der Waals surface area contributed by atoms with Gasteiger partial charge in [-0.05, 0) is 47.7 Å². The number of carbonyl (C=O) groups is 2. The maximum absolute atomic E-state index is 11.9. The van der Waals surface area contributed by atoms with Gasteiger partial charge in [-0.25, -0.2) is 4.79 Å². The first-order valence-corrected chi connectivity index (χ1v) is 7.57. The van der Waals surface area contributed by atoms with Crippen LogP contribution >= 0.6 is 11.6 Å². The van der Waals surface area contributed by atoms with Crippen LogP contribution in [0.5, 0.6) is 0 Å². The number of hydrogen-bond acceptors (Lipinski definition) is 6. The van der Waals surface area contributed by atoms with Crippen molar-refractivity contribution in [1.29, 1.82) is 0 Å². The summed E-state index contributed by atoms with van der Waals surface area (Å²) in [5.74, 6) is -0.870. The van der Waals surface area contributed by atoms with Crippen LogP contribution in [0.2, 0.25) is 5.02 Å². The summed E-state index contributed by atoms with van der Waals surface area (Å²) in [5.41, 5.74) is 1.88. The third kappa shape index (κ3) is 3.86. The molecule has 0 atom stereocenters. The molecule has 0 aliphatic heterocycles. The number of fused-ring (bicyclic) bond motifs is 1. The molecule has 0 fully saturated rings. The number of esters is 1. The first-order valence-electron chi connectivity index (χ1n) is 7.19. The molecule has 0 unspecified atom stereocenters. The zero-order chi connectivity index (χ0) is 17.8. The van der Waals surface area contributed by atoms with Gasteiger partial charge in [0.05, 0.1) is 12.7 Å². The van der Waals surface area contributed by atoms with E-state index in [1.54, 1.807) is 36.4 Å². The molecule has 25 heavy (non-hydrogen) atoms. The van der Waals surface area contributed by atoms with Crippen LogP contribution in [0.4, 0.5) is 5.69 Å². The summed E-state index contributed by atoms with van der Waals surface area (Å²) < 4.78 is 4.67. The molecule has 1 amide bonds. The minimum absolute atomic E-state index is 0.288. The number of rotatable bonds is 5. The van der Waals surface area contributed by atoms with Gasteiger partial charge in [0.15, 0.2) is 6.61 Å². The van der Waals surface area contributed by atoms with Crippen LogP contribution in [0.1, 0.15) is 10.4 Å². The minimum atomic E-state index is -0.491. The summed E-state index contributed by atoms with van der Waals surface area (Å²) in [7, 11) is 1.29. The van der Waals surface area contributed by atoms with Crippen molar-refractivity contribution in [3.63, 3.8) is 0 Å². The molecule has 1 heterocycles. The summed E-state index contributed by atoms with van der Waals surface area (Å²) in [6, 6.07) is 11.4. The Labute approximate surface area is 147 Å². The lowest BCUT2D eigenvalue weighted by Gasteiger charge is -2.07. The Balaban J connectivity index is 1.69. The number of halogens is 1. The Bertz CT molecular complexity index is 924. The van der Waals surface area contributed by atoms with Crippen LogP contribution in [0.3, 0.4) is 0 Å². The average molecular weight is 361 g/mol. The maximum Gasteiger partial charge on any atom is 0.337 e. The van der Waals surface area contributed by atoms with Gasteiger partial charge in [-0.3, -0.25) is 4.79 Å². The fraction of sp³-hybridized carbons (Fsp3) is 0.125. The van der Waals surface area contributed by atoms with E-state index in [1.165, 1.54) is 13.2 Å². The number of ether oxygens (including phenoxy) is 1. The van der Waals surface area contributed by atoms with Gasteiger partial charge in [-0.2, -0.15) is 0 Å². The van der Waals surface area contributed by atoms with Crippen LogP contribution in [0.25, 0.3) is 11.0 Å². The van der Waals surface area contributed by atoms with Crippen LogP contribution in [-0.4, -0.2) is 40.8 Å². The third-order valence-corrected chi connectivity index (χ3v) is 3.53. The molecule has 128 valence electrons. The zero-order valence-corrected chi connectivity index (χ0v) is 13.9. The number of anilines is 1. The van der Waals surface area contributed by atoms with Crippen molar-refractivity contribution in [3.05, 3.63) is 53.1 Å². The quantitative estimate of drug-likeness (QED) is 0.699. The third-order valence-electron chi connectivity index (χ3n) is 3.28. The number of amides is 1. The molecule has 0 saturated carbocycles. The molecule has 0 saturated heterocycles. The van der Waals surface area contributed by atoms with Gasteiger partial charge in [0.1, 0.15) is 11.0 Å². The Morgan fingerprint density at radius 3 is 2.68 bits per heavy atom. The fourth-order valence-electron chi connectivity index (χ4n) is 2.09. The Morgan fingerprint density at radius 2 is 1.96 bits per heavy atom. The van der Waals surface area contributed by atoms with Gasteiger partial charge in [0, 0.05) is 10.7 Å². The molecule has 8 nitrogen and oxygen atoms in total. The van der Waals surface area contributed by atoms with E-state index in [1.807, 2.05) is 0 Å². The predicted molar refractivity (Wildman–Crippen MR) is 90.4 cm³/mol. The highest BCUT2D eigenvalue weighted by atomic mass is 35.5. The number of benzene rings is 2. The summed E-state index contributed by atoms with van der Waals surface area (Å²) in [6.07, 6.45) is 0. The number of nitrogens with zero attached hydrogens (tertiary/aromatic N) is 3. The maximum atomic E-state index is 11.9. The molecule has 0 aliphatic rings. The molecule has 9 heteroatoms. The van der Waals surface area contributed by atoms with E-state index in [4.69, 9.17) is 16.4 Å². The first kappa shape index (κ1) is 16.7. The van der Waals surface area contributed by atoms with Gasteiger partial charge >= 0.3 is 5.97 Å². The summed E-state index contributed by atoms with van der Waals surface area (Å²) >= 11 is 5.79. The van der Waals surface area contributed by atoms with Crippen molar-refractivity contribution in [2.45, 2.75) is 0 Å². The Kier molecular flexibility index (Phi) is 4.80. The summed E-state index contributed by atoms with van der Waals surface area (Å²) in [5, 5.41) is 10.9. The molecule has 1 aromatic heterocycles. The molecule has 3 aromatic rings. The van der Waals surface area contributed by atoms with E-state index >= 15 is 0 Å². The minimum Gasteiger partial charge on any atom is -0.465 e. The van der Waals surface area contributed by atoms with Crippen molar-refractivity contribution in [3.8, 4) is 0 Å².